The molecule has 0 aliphatic rings. The van der Waals surface area contributed by atoms with Crippen LogP contribution in [0.3, 0.4) is 0 Å². The molecule has 72 valence electrons. The smallest absolute Gasteiger partial charge is 0.265 e. The number of hydrogen-bond acceptors (Lipinski definition) is 4. The van der Waals surface area contributed by atoms with Crippen LogP contribution in [-0.4, -0.2) is 16.1 Å². The van der Waals surface area contributed by atoms with Crippen molar-refractivity contribution >= 4 is 22.6 Å². The largest absolute Gasteiger partial charge is 0.382 e. The molecule has 0 aliphatic carbocycles. The Balaban J connectivity index is 2.57. The van der Waals surface area contributed by atoms with E-state index in [9.17, 15) is 4.79 Å². The number of nitrogens with zero attached hydrogens (tertiary/aromatic N) is 1. The number of hydrazine groups is 1. The van der Waals surface area contributed by atoms with Gasteiger partial charge in [0, 0.05) is 10.9 Å². The summed E-state index contributed by atoms with van der Waals surface area (Å²) in [5.74, 6) is 5.07. The van der Waals surface area contributed by atoms with Crippen molar-refractivity contribution in [1.82, 2.24) is 15.6 Å². The standard InChI is InChI=1S/C8H9N5O/c9-7-5-2-1-4(8(14)11-10)3-6(5)12-13-7/h1-3H,10H2,(H,11,14)(H3,9,12,13). The van der Waals surface area contributed by atoms with Crippen molar-refractivity contribution in [3.8, 4) is 0 Å². The summed E-state index contributed by atoms with van der Waals surface area (Å²) in [6.07, 6.45) is 0. The number of hydrogen-bond donors (Lipinski definition) is 4. The lowest BCUT2D eigenvalue weighted by Crippen LogP contribution is -2.29. The lowest BCUT2D eigenvalue weighted by molar-refractivity contribution is 0.0954. The van der Waals surface area contributed by atoms with Crippen molar-refractivity contribution in [2.45, 2.75) is 0 Å². The first-order valence-corrected chi connectivity index (χ1v) is 3.97. The first kappa shape index (κ1) is 8.52. The number of carbonyl (C=O) groups is 1. The number of nitrogens with one attached hydrogen (secondary N) is 2. The predicted octanol–water partition coefficient (Wildman–Crippen LogP) is -0.251. The molecular weight excluding hydrogens is 182 g/mol. The molecule has 0 radical (unpaired) electrons. The monoisotopic (exact) mass is 191 g/mol. The molecule has 0 spiro atoms. The summed E-state index contributed by atoms with van der Waals surface area (Å²) in [4.78, 5) is 11.2. The minimum Gasteiger partial charge on any atom is -0.382 e. The van der Waals surface area contributed by atoms with Crippen LogP contribution < -0.4 is 17.0 Å². The molecule has 6 N–H and O–H groups in total. The SMILES string of the molecule is NNC(=O)c1ccc2c(N)n[nH]c2c1. The first-order chi connectivity index (χ1) is 6.72. The van der Waals surface area contributed by atoms with E-state index in [0.29, 0.717) is 16.9 Å². The van der Waals surface area contributed by atoms with Crippen molar-refractivity contribution in [2.75, 3.05) is 5.73 Å². The van der Waals surface area contributed by atoms with E-state index in [2.05, 4.69) is 10.2 Å². The van der Waals surface area contributed by atoms with Gasteiger partial charge in [-0.2, -0.15) is 5.10 Å². The number of aromatic amines is 1. The zero-order valence-electron chi connectivity index (χ0n) is 7.24. The van der Waals surface area contributed by atoms with Gasteiger partial charge in [0.25, 0.3) is 5.91 Å². The fourth-order valence-corrected chi connectivity index (χ4v) is 1.27. The molecule has 14 heavy (non-hydrogen) atoms. The Kier molecular flexibility index (Phi) is 1.83. The van der Waals surface area contributed by atoms with Gasteiger partial charge < -0.3 is 5.73 Å². The Bertz CT molecular complexity index is 489. The predicted molar refractivity (Wildman–Crippen MR) is 52.2 cm³/mol. The lowest BCUT2D eigenvalue weighted by atomic mass is 10.1. The summed E-state index contributed by atoms with van der Waals surface area (Å²) >= 11 is 0. The molecule has 1 aromatic heterocycles. The molecule has 6 nitrogen and oxygen atoms in total. The molecule has 1 amide bonds. The Labute approximate surface area is 79.2 Å². The molecule has 0 unspecified atom stereocenters. The zero-order chi connectivity index (χ0) is 10.1. The van der Waals surface area contributed by atoms with Crippen LogP contribution in [0.4, 0.5) is 5.82 Å². The Morgan fingerprint density at radius 1 is 1.50 bits per heavy atom. The number of nitrogens with two attached hydrogens (primary N) is 2. The molecule has 2 aromatic rings. The molecular formula is C8H9N5O. The Hall–Kier alpha value is -2.08. The van der Waals surface area contributed by atoms with Crippen LogP contribution >= 0.6 is 0 Å². The summed E-state index contributed by atoms with van der Waals surface area (Å²) in [5.41, 5.74) is 8.79. The van der Waals surface area contributed by atoms with Crippen LogP contribution in [0.25, 0.3) is 10.9 Å². The van der Waals surface area contributed by atoms with Gasteiger partial charge in [0.15, 0.2) is 5.82 Å². The normalized spacial score (nSPS) is 10.4. The average Bonchev–Trinajstić information content (AvgIpc) is 2.59. The van der Waals surface area contributed by atoms with Crippen molar-refractivity contribution in [3.05, 3.63) is 23.8 Å². The minimum absolute atomic E-state index is 0.347. The second kappa shape index (κ2) is 3.00. The van der Waals surface area contributed by atoms with Gasteiger partial charge in [0.1, 0.15) is 0 Å². The van der Waals surface area contributed by atoms with Gasteiger partial charge in [-0.1, -0.05) is 0 Å². The molecule has 0 saturated heterocycles. The second-order valence-corrected chi connectivity index (χ2v) is 2.84. The van der Waals surface area contributed by atoms with E-state index in [1.54, 1.807) is 18.2 Å². The van der Waals surface area contributed by atoms with Crippen LogP contribution in [0.1, 0.15) is 10.4 Å². The number of fused-ring (bicyclic) bond motifs is 1. The number of nitrogen functional groups attached to an aromatic ring is 2. The van der Waals surface area contributed by atoms with Gasteiger partial charge in [-0.05, 0) is 18.2 Å². The third kappa shape index (κ3) is 1.17. The molecule has 0 saturated carbocycles. The van der Waals surface area contributed by atoms with E-state index in [0.717, 1.165) is 5.39 Å². The summed E-state index contributed by atoms with van der Waals surface area (Å²) in [5, 5.41) is 7.31. The van der Waals surface area contributed by atoms with E-state index in [4.69, 9.17) is 11.6 Å². The number of H-pyrrole nitrogens is 1. The summed E-state index contributed by atoms with van der Waals surface area (Å²) in [7, 11) is 0. The summed E-state index contributed by atoms with van der Waals surface area (Å²) < 4.78 is 0. The van der Waals surface area contributed by atoms with Crippen LogP contribution in [0.5, 0.6) is 0 Å². The van der Waals surface area contributed by atoms with Gasteiger partial charge in [0.05, 0.1) is 5.52 Å². The van der Waals surface area contributed by atoms with Crippen LogP contribution in [-0.2, 0) is 0 Å². The van der Waals surface area contributed by atoms with Crippen LogP contribution in [0.15, 0.2) is 18.2 Å². The number of anilines is 1. The number of amides is 1. The zero-order valence-corrected chi connectivity index (χ0v) is 7.24. The first-order valence-electron chi connectivity index (χ1n) is 3.97. The fraction of sp³-hybridized carbons (Fsp3) is 0. The molecule has 0 atom stereocenters. The van der Waals surface area contributed by atoms with Gasteiger partial charge in [-0.25, -0.2) is 5.84 Å². The number of rotatable bonds is 1. The maximum absolute atomic E-state index is 11.2. The van der Waals surface area contributed by atoms with Gasteiger partial charge in [-0.15, -0.1) is 0 Å². The molecule has 2 rings (SSSR count). The highest BCUT2D eigenvalue weighted by Crippen LogP contribution is 2.18. The third-order valence-corrected chi connectivity index (χ3v) is 1.99. The summed E-state index contributed by atoms with van der Waals surface area (Å²) in [6, 6.07) is 5.00. The van der Waals surface area contributed by atoms with Crippen molar-refractivity contribution in [3.63, 3.8) is 0 Å². The number of carbonyl (C=O) groups excluding carboxylic acids is 1. The minimum atomic E-state index is -0.347. The van der Waals surface area contributed by atoms with E-state index in [-0.39, 0.29) is 5.91 Å². The van der Waals surface area contributed by atoms with Crippen molar-refractivity contribution in [1.29, 1.82) is 0 Å². The molecule has 6 heteroatoms. The van der Waals surface area contributed by atoms with Crippen molar-refractivity contribution < 1.29 is 4.79 Å². The Morgan fingerprint density at radius 2 is 2.29 bits per heavy atom. The average molecular weight is 191 g/mol. The Morgan fingerprint density at radius 3 is 3.00 bits per heavy atom. The molecule has 1 heterocycles. The molecule has 0 fully saturated rings. The van der Waals surface area contributed by atoms with E-state index in [1.807, 2.05) is 5.43 Å². The quantitative estimate of drug-likeness (QED) is 0.283. The van der Waals surface area contributed by atoms with Gasteiger partial charge >= 0.3 is 0 Å². The fourth-order valence-electron chi connectivity index (χ4n) is 1.27. The topological polar surface area (TPSA) is 110 Å². The molecule has 1 aromatic carbocycles. The highest BCUT2D eigenvalue weighted by Gasteiger charge is 2.07. The second-order valence-electron chi connectivity index (χ2n) is 2.84. The number of benzene rings is 1. The maximum Gasteiger partial charge on any atom is 0.265 e. The highest BCUT2D eigenvalue weighted by atomic mass is 16.2. The van der Waals surface area contributed by atoms with Crippen molar-refractivity contribution in [2.24, 2.45) is 5.84 Å². The maximum atomic E-state index is 11.2. The third-order valence-electron chi connectivity index (χ3n) is 1.99. The van der Waals surface area contributed by atoms with E-state index < -0.39 is 0 Å². The van der Waals surface area contributed by atoms with Crippen LogP contribution in [0.2, 0.25) is 0 Å². The van der Waals surface area contributed by atoms with E-state index >= 15 is 0 Å². The number of aromatic nitrogens is 2. The highest BCUT2D eigenvalue weighted by molar-refractivity contribution is 5.99. The van der Waals surface area contributed by atoms with E-state index in [1.165, 1.54) is 0 Å². The van der Waals surface area contributed by atoms with Gasteiger partial charge in [0.2, 0.25) is 0 Å². The van der Waals surface area contributed by atoms with Gasteiger partial charge in [-0.3, -0.25) is 15.3 Å². The molecule has 0 bridgehead atoms. The summed E-state index contributed by atoms with van der Waals surface area (Å²) in [6.45, 7) is 0. The van der Waals surface area contributed by atoms with Crippen LogP contribution in [0, 0.1) is 0 Å². The molecule has 0 aliphatic heterocycles. The lowest BCUT2D eigenvalue weighted by Gasteiger charge is -1.98.